The highest BCUT2D eigenvalue weighted by molar-refractivity contribution is 5.85. The van der Waals surface area contributed by atoms with Crippen molar-refractivity contribution >= 4 is 29.2 Å². The maximum Gasteiger partial charge on any atom is 0.413 e. The van der Waals surface area contributed by atoms with E-state index < -0.39 is 17.3 Å². The molecule has 0 atom stereocenters. The van der Waals surface area contributed by atoms with E-state index in [-0.39, 0.29) is 6.09 Å². The van der Waals surface area contributed by atoms with Crippen molar-refractivity contribution in [3.05, 3.63) is 66.1 Å². The Labute approximate surface area is 258 Å². The topological polar surface area (TPSA) is 115 Å². The first-order valence-electron chi connectivity index (χ1n) is 14.9. The predicted molar refractivity (Wildman–Crippen MR) is 170 cm³/mol. The van der Waals surface area contributed by atoms with E-state index in [1.165, 1.54) is 5.56 Å². The smallest absolute Gasteiger partial charge is 0.413 e. The normalized spacial score (nSPS) is 14.5. The van der Waals surface area contributed by atoms with Gasteiger partial charge in [-0.1, -0.05) is 12.1 Å². The largest absolute Gasteiger partial charge is 0.444 e. The summed E-state index contributed by atoms with van der Waals surface area (Å²) in [5, 5.41) is 2.69. The van der Waals surface area contributed by atoms with Crippen molar-refractivity contribution in [1.82, 2.24) is 29.3 Å². The second-order valence-electron chi connectivity index (χ2n) is 13.0. The fourth-order valence-electron chi connectivity index (χ4n) is 5.03. The number of fused-ring (bicyclic) bond motifs is 1. The number of aryl methyl sites for hydroxylation is 1. The Bertz CT molecular complexity index is 1640. The number of nitrogens with zero attached hydrogens (tertiary/aromatic N) is 6. The number of carbonyl (C=O) groups is 2. The van der Waals surface area contributed by atoms with Gasteiger partial charge in [-0.2, -0.15) is 0 Å². The Morgan fingerprint density at radius 3 is 2.20 bits per heavy atom. The zero-order valence-corrected chi connectivity index (χ0v) is 26.5. The number of nitrogens with one attached hydrogen (secondary N) is 1. The maximum atomic E-state index is 12.4. The minimum atomic E-state index is -0.610. The number of carbonyl (C=O) groups excluding carboxylic acids is 2. The summed E-state index contributed by atoms with van der Waals surface area (Å²) in [6.45, 7) is 16.8. The molecule has 232 valence electrons. The lowest BCUT2D eigenvalue weighted by atomic mass is 10.1. The van der Waals surface area contributed by atoms with Crippen LogP contribution in [0.3, 0.4) is 0 Å². The van der Waals surface area contributed by atoms with Gasteiger partial charge in [0, 0.05) is 50.2 Å². The SMILES string of the molecule is Cc1nc2ccc(-c3ccnc(NC(=O)OC(C)(C)C)c3)nc2n1-c1ccc(CN2CCN(C(=O)OC(C)(C)C)CC2)cc1. The molecule has 1 N–H and O–H groups in total. The first kappa shape index (κ1) is 30.9. The van der Waals surface area contributed by atoms with E-state index in [2.05, 4.69) is 39.5 Å². The van der Waals surface area contributed by atoms with Gasteiger partial charge in [0.2, 0.25) is 0 Å². The minimum Gasteiger partial charge on any atom is -0.444 e. The van der Waals surface area contributed by atoms with Gasteiger partial charge in [-0.15, -0.1) is 0 Å². The summed E-state index contributed by atoms with van der Waals surface area (Å²) in [5.74, 6) is 1.21. The van der Waals surface area contributed by atoms with Crippen LogP contribution in [0.25, 0.3) is 28.1 Å². The van der Waals surface area contributed by atoms with Crippen LogP contribution >= 0.6 is 0 Å². The van der Waals surface area contributed by atoms with Crippen molar-refractivity contribution < 1.29 is 19.1 Å². The summed E-state index contributed by atoms with van der Waals surface area (Å²) in [7, 11) is 0. The molecule has 0 unspecified atom stereocenters. The number of rotatable bonds is 5. The number of hydrogen-bond donors (Lipinski definition) is 1. The number of hydrogen-bond acceptors (Lipinski definition) is 8. The van der Waals surface area contributed by atoms with E-state index in [9.17, 15) is 9.59 Å². The van der Waals surface area contributed by atoms with Gasteiger partial charge >= 0.3 is 12.2 Å². The average molecular weight is 600 g/mol. The number of ether oxygens (including phenoxy) is 2. The number of amides is 2. The van der Waals surface area contributed by atoms with Crippen molar-refractivity contribution in [1.29, 1.82) is 0 Å². The van der Waals surface area contributed by atoms with Crippen LogP contribution in [0.1, 0.15) is 52.9 Å². The molecule has 0 bridgehead atoms. The summed E-state index contributed by atoms with van der Waals surface area (Å²) in [4.78, 5) is 42.7. The monoisotopic (exact) mass is 599 g/mol. The van der Waals surface area contributed by atoms with Crippen molar-refractivity contribution in [2.45, 2.75) is 66.2 Å². The fourth-order valence-corrected chi connectivity index (χ4v) is 5.03. The summed E-state index contributed by atoms with van der Waals surface area (Å²) in [6, 6.07) is 15.9. The number of benzene rings is 1. The quantitative estimate of drug-likeness (QED) is 0.289. The molecule has 11 nitrogen and oxygen atoms in total. The third-order valence-corrected chi connectivity index (χ3v) is 6.98. The number of pyridine rings is 2. The maximum absolute atomic E-state index is 12.4. The van der Waals surface area contributed by atoms with E-state index in [1.807, 2.05) is 71.2 Å². The van der Waals surface area contributed by atoms with Crippen LogP contribution < -0.4 is 5.32 Å². The van der Waals surface area contributed by atoms with Gasteiger partial charge < -0.3 is 14.4 Å². The molecule has 0 spiro atoms. The first-order chi connectivity index (χ1) is 20.7. The molecule has 1 saturated heterocycles. The molecule has 44 heavy (non-hydrogen) atoms. The number of piperazine rings is 1. The van der Waals surface area contributed by atoms with Crippen LogP contribution in [0.5, 0.6) is 0 Å². The van der Waals surface area contributed by atoms with Crippen molar-refractivity contribution in [3.63, 3.8) is 0 Å². The van der Waals surface area contributed by atoms with Gasteiger partial charge in [-0.3, -0.25) is 14.8 Å². The van der Waals surface area contributed by atoms with Crippen LogP contribution in [0.15, 0.2) is 54.7 Å². The standard InChI is InChI=1S/C33H41N7O4/c1-22-35-27-13-12-26(24-14-15-34-28(20-24)37-30(41)43-32(2,3)4)36-29(27)40(22)25-10-8-23(9-11-25)21-38-16-18-39(19-17-38)31(42)44-33(5,6)7/h8-15,20H,16-19,21H2,1-7H3,(H,34,37,41). The van der Waals surface area contributed by atoms with Crippen LogP contribution in [-0.2, 0) is 16.0 Å². The lowest BCUT2D eigenvalue weighted by molar-refractivity contribution is 0.0139. The van der Waals surface area contributed by atoms with E-state index in [4.69, 9.17) is 19.4 Å². The van der Waals surface area contributed by atoms with E-state index >= 15 is 0 Å². The average Bonchev–Trinajstić information content (AvgIpc) is 3.27. The fraction of sp³-hybridized carbons (Fsp3) is 0.424. The molecule has 2 amide bonds. The number of imidazole rings is 1. The Morgan fingerprint density at radius 1 is 0.864 bits per heavy atom. The van der Waals surface area contributed by atoms with Gasteiger partial charge in [-0.05, 0) is 90.4 Å². The summed E-state index contributed by atoms with van der Waals surface area (Å²) < 4.78 is 12.9. The molecule has 11 heteroatoms. The molecule has 0 saturated carbocycles. The summed E-state index contributed by atoms with van der Waals surface area (Å²) in [6.07, 6.45) is 0.820. The Kier molecular flexibility index (Phi) is 8.60. The zero-order valence-electron chi connectivity index (χ0n) is 26.5. The Balaban J connectivity index is 1.29. The molecule has 0 radical (unpaired) electrons. The highest BCUT2D eigenvalue weighted by Gasteiger charge is 2.26. The predicted octanol–water partition coefficient (Wildman–Crippen LogP) is 6.19. The number of anilines is 1. The van der Waals surface area contributed by atoms with Crippen LogP contribution in [-0.4, -0.2) is 78.9 Å². The van der Waals surface area contributed by atoms with E-state index in [0.29, 0.717) is 18.9 Å². The highest BCUT2D eigenvalue weighted by atomic mass is 16.6. The van der Waals surface area contributed by atoms with Crippen LogP contribution in [0, 0.1) is 6.92 Å². The van der Waals surface area contributed by atoms with Gasteiger partial charge in [0.25, 0.3) is 0 Å². The molecule has 1 aromatic carbocycles. The lowest BCUT2D eigenvalue weighted by Gasteiger charge is -2.35. The van der Waals surface area contributed by atoms with E-state index in [1.54, 1.807) is 17.2 Å². The molecule has 3 aromatic heterocycles. The second-order valence-corrected chi connectivity index (χ2v) is 13.0. The molecule has 1 aliphatic heterocycles. The second kappa shape index (κ2) is 12.2. The molecular formula is C33H41N7O4. The lowest BCUT2D eigenvalue weighted by Crippen LogP contribution is -2.49. The van der Waals surface area contributed by atoms with Gasteiger partial charge in [0.15, 0.2) is 5.65 Å². The van der Waals surface area contributed by atoms with Gasteiger partial charge in [0.05, 0.1) is 5.69 Å². The molecular weight excluding hydrogens is 558 g/mol. The highest BCUT2D eigenvalue weighted by Crippen LogP contribution is 2.26. The zero-order chi connectivity index (χ0) is 31.6. The van der Waals surface area contributed by atoms with Crippen molar-refractivity contribution in [2.24, 2.45) is 0 Å². The van der Waals surface area contributed by atoms with Crippen LogP contribution in [0.2, 0.25) is 0 Å². The third-order valence-electron chi connectivity index (χ3n) is 6.98. The van der Waals surface area contributed by atoms with Gasteiger partial charge in [-0.25, -0.2) is 24.5 Å². The third kappa shape index (κ3) is 7.71. The molecule has 0 aliphatic carbocycles. The molecule has 4 aromatic rings. The Hall–Kier alpha value is -4.51. The molecule has 4 heterocycles. The summed E-state index contributed by atoms with van der Waals surface area (Å²) in [5.41, 5.74) is 4.13. The minimum absolute atomic E-state index is 0.247. The first-order valence-corrected chi connectivity index (χ1v) is 14.9. The van der Waals surface area contributed by atoms with Crippen LogP contribution in [0.4, 0.5) is 15.4 Å². The molecule has 5 rings (SSSR count). The van der Waals surface area contributed by atoms with E-state index in [0.717, 1.165) is 53.6 Å². The Morgan fingerprint density at radius 2 is 1.55 bits per heavy atom. The van der Waals surface area contributed by atoms with Gasteiger partial charge in [0.1, 0.15) is 28.4 Å². The number of aromatic nitrogens is 4. The summed E-state index contributed by atoms with van der Waals surface area (Å²) >= 11 is 0. The van der Waals surface area contributed by atoms with Crippen molar-refractivity contribution in [3.8, 4) is 16.9 Å². The molecule has 1 aliphatic rings. The molecule has 1 fully saturated rings. The van der Waals surface area contributed by atoms with Crippen molar-refractivity contribution in [2.75, 3.05) is 31.5 Å².